The monoisotopic (exact) mass is 300 g/mol. The number of halogens is 3. The van der Waals surface area contributed by atoms with Crippen LogP contribution in [0.5, 0.6) is 0 Å². The van der Waals surface area contributed by atoms with Crippen molar-refractivity contribution in [1.82, 2.24) is 10.2 Å². The maximum atomic E-state index is 13.1. The highest BCUT2D eigenvalue weighted by molar-refractivity contribution is 5.29. The molecule has 2 rings (SSSR count). The largest absolute Gasteiger partial charge is 0.416 e. The van der Waals surface area contributed by atoms with E-state index in [-0.39, 0.29) is 0 Å². The summed E-state index contributed by atoms with van der Waals surface area (Å²) in [7, 11) is 0. The number of rotatable bonds is 3. The number of nitrogens with zero attached hydrogens (tertiary/aromatic N) is 1. The number of benzene rings is 1. The van der Waals surface area contributed by atoms with Gasteiger partial charge < -0.3 is 5.32 Å². The summed E-state index contributed by atoms with van der Waals surface area (Å²) < 4.78 is 39.2. The predicted octanol–water partition coefficient (Wildman–Crippen LogP) is 3.53. The first kappa shape index (κ1) is 16.3. The fourth-order valence-corrected chi connectivity index (χ4v) is 2.79. The normalized spacial score (nSPS) is 21.5. The summed E-state index contributed by atoms with van der Waals surface area (Å²) in [6.07, 6.45) is -3.31. The van der Waals surface area contributed by atoms with Crippen LogP contribution in [-0.4, -0.2) is 30.6 Å². The summed E-state index contributed by atoms with van der Waals surface area (Å²) in [6, 6.07) is 6.23. The van der Waals surface area contributed by atoms with Gasteiger partial charge in [-0.3, -0.25) is 4.90 Å². The second-order valence-corrected chi connectivity index (χ2v) is 6.05. The Morgan fingerprint density at radius 3 is 2.67 bits per heavy atom. The van der Waals surface area contributed by atoms with Gasteiger partial charge in [0.15, 0.2) is 0 Å². The van der Waals surface area contributed by atoms with Gasteiger partial charge in [0.2, 0.25) is 0 Å². The summed E-state index contributed by atoms with van der Waals surface area (Å²) >= 11 is 0. The van der Waals surface area contributed by atoms with E-state index in [2.05, 4.69) is 24.1 Å². The highest BCUT2D eigenvalue weighted by Gasteiger charge is 2.33. The van der Waals surface area contributed by atoms with E-state index in [0.717, 1.165) is 26.1 Å². The molecule has 21 heavy (non-hydrogen) atoms. The highest BCUT2D eigenvalue weighted by atomic mass is 19.4. The molecule has 0 bridgehead atoms. The van der Waals surface area contributed by atoms with Crippen LogP contribution in [0.2, 0.25) is 0 Å². The second kappa shape index (κ2) is 6.79. The fourth-order valence-electron chi connectivity index (χ4n) is 2.79. The molecule has 1 aromatic carbocycles. The van der Waals surface area contributed by atoms with Gasteiger partial charge in [-0.15, -0.1) is 0 Å². The maximum Gasteiger partial charge on any atom is 0.416 e. The second-order valence-electron chi connectivity index (χ2n) is 6.05. The molecule has 1 heterocycles. The molecule has 1 aliphatic heterocycles. The smallest absolute Gasteiger partial charge is 0.312 e. The minimum Gasteiger partial charge on any atom is -0.312 e. The van der Waals surface area contributed by atoms with Crippen LogP contribution in [-0.2, 0) is 12.7 Å². The molecule has 1 fully saturated rings. The number of nitrogens with one attached hydrogen (secondary N) is 1. The zero-order valence-electron chi connectivity index (χ0n) is 12.6. The van der Waals surface area contributed by atoms with Gasteiger partial charge in [0.1, 0.15) is 0 Å². The zero-order valence-corrected chi connectivity index (χ0v) is 12.6. The molecule has 0 radical (unpaired) electrons. The lowest BCUT2D eigenvalue weighted by atomic mass is 10.0. The molecule has 1 atom stereocenters. The number of hydrogen-bond donors (Lipinski definition) is 1. The van der Waals surface area contributed by atoms with Crippen LogP contribution >= 0.6 is 0 Å². The van der Waals surface area contributed by atoms with Crippen molar-refractivity contribution in [2.45, 2.75) is 39.0 Å². The van der Waals surface area contributed by atoms with Gasteiger partial charge in [-0.25, -0.2) is 0 Å². The average Bonchev–Trinajstić information content (AvgIpc) is 2.64. The molecule has 1 saturated heterocycles. The lowest BCUT2D eigenvalue weighted by Gasteiger charge is -2.27. The Morgan fingerprint density at radius 1 is 1.29 bits per heavy atom. The third-order valence-electron chi connectivity index (χ3n) is 4.03. The standard InChI is InChI=1S/C16H23F3N2/c1-12(2)15-11-21(9-5-8-20-15)10-13-6-3-4-7-14(13)16(17,18)19/h3-4,6-7,12,15,20H,5,8-11H2,1-2H3. The van der Waals surface area contributed by atoms with Crippen LogP contribution in [0.15, 0.2) is 24.3 Å². The minimum atomic E-state index is -4.28. The van der Waals surface area contributed by atoms with Crippen molar-refractivity contribution in [3.63, 3.8) is 0 Å². The number of alkyl halides is 3. The lowest BCUT2D eigenvalue weighted by molar-refractivity contribution is -0.138. The van der Waals surface area contributed by atoms with Gasteiger partial charge in [0.05, 0.1) is 5.56 Å². The highest BCUT2D eigenvalue weighted by Crippen LogP contribution is 2.32. The molecule has 0 saturated carbocycles. The van der Waals surface area contributed by atoms with E-state index < -0.39 is 11.7 Å². The summed E-state index contributed by atoms with van der Waals surface area (Å²) in [5, 5.41) is 3.48. The van der Waals surface area contributed by atoms with E-state index in [4.69, 9.17) is 0 Å². The van der Waals surface area contributed by atoms with Crippen LogP contribution < -0.4 is 5.32 Å². The Kier molecular flexibility index (Phi) is 5.27. The Labute approximate surface area is 124 Å². The topological polar surface area (TPSA) is 15.3 Å². The van der Waals surface area contributed by atoms with Crippen molar-refractivity contribution in [2.24, 2.45) is 5.92 Å². The molecule has 1 aliphatic rings. The Morgan fingerprint density at radius 2 is 2.00 bits per heavy atom. The van der Waals surface area contributed by atoms with Gasteiger partial charge in [-0.05, 0) is 37.1 Å². The SMILES string of the molecule is CC(C)C1CN(Cc2ccccc2C(F)(F)F)CCCN1. The van der Waals surface area contributed by atoms with Crippen LogP contribution in [0.1, 0.15) is 31.4 Å². The van der Waals surface area contributed by atoms with Gasteiger partial charge in [0.25, 0.3) is 0 Å². The van der Waals surface area contributed by atoms with E-state index in [9.17, 15) is 13.2 Å². The Balaban J connectivity index is 2.13. The molecular formula is C16H23F3N2. The molecule has 1 unspecified atom stereocenters. The van der Waals surface area contributed by atoms with Crippen molar-refractivity contribution < 1.29 is 13.2 Å². The van der Waals surface area contributed by atoms with Crippen LogP contribution in [0.4, 0.5) is 13.2 Å². The van der Waals surface area contributed by atoms with Crippen molar-refractivity contribution >= 4 is 0 Å². The molecule has 1 N–H and O–H groups in total. The molecule has 0 aromatic heterocycles. The Bertz CT molecular complexity index is 457. The van der Waals surface area contributed by atoms with Crippen molar-refractivity contribution in [1.29, 1.82) is 0 Å². The average molecular weight is 300 g/mol. The quantitative estimate of drug-likeness (QED) is 0.919. The zero-order chi connectivity index (χ0) is 15.5. The van der Waals surface area contributed by atoms with Gasteiger partial charge >= 0.3 is 6.18 Å². The van der Waals surface area contributed by atoms with Crippen molar-refractivity contribution in [3.8, 4) is 0 Å². The van der Waals surface area contributed by atoms with E-state index in [1.54, 1.807) is 12.1 Å². The summed E-state index contributed by atoms with van der Waals surface area (Å²) in [6.45, 7) is 7.21. The molecular weight excluding hydrogens is 277 g/mol. The van der Waals surface area contributed by atoms with E-state index >= 15 is 0 Å². The van der Waals surface area contributed by atoms with Crippen molar-refractivity contribution in [3.05, 3.63) is 35.4 Å². The van der Waals surface area contributed by atoms with Gasteiger partial charge in [0, 0.05) is 19.1 Å². The minimum absolute atomic E-state index is 0.338. The third kappa shape index (κ3) is 4.45. The predicted molar refractivity (Wildman–Crippen MR) is 78.0 cm³/mol. The first-order valence-electron chi connectivity index (χ1n) is 7.49. The summed E-state index contributed by atoms with van der Waals surface area (Å²) in [5.74, 6) is 0.475. The Hall–Kier alpha value is -1.07. The van der Waals surface area contributed by atoms with E-state index in [1.807, 2.05) is 0 Å². The van der Waals surface area contributed by atoms with Gasteiger partial charge in [-0.1, -0.05) is 32.0 Å². The van der Waals surface area contributed by atoms with Crippen LogP contribution in [0, 0.1) is 5.92 Å². The first-order chi connectivity index (χ1) is 9.88. The van der Waals surface area contributed by atoms with E-state index in [0.29, 0.717) is 24.1 Å². The van der Waals surface area contributed by atoms with Crippen LogP contribution in [0.3, 0.4) is 0 Å². The molecule has 2 nitrogen and oxygen atoms in total. The first-order valence-corrected chi connectivity index (χ1v) is 7.49. The lowest BCUT2D eigenvalue weighted by Crippen LogP contribution is -2.41. The summed E-state index contributed by atoms with van der Waals surface area (Å²) in [5.41, 5.74) is -0.141. The van der Waals surface area contributed by atoms with Gasteiger partial charge in [-0.2, -0.15) is 13.2 Å². The molecule has 0 amide bonds. The maximum absolute atomic E-state index is 13.1. The molecule has 1 aromatic rings. The van der Waals surface area contributed by atoms with Crippen molar-refractivity contribution in [2.75, 3.05) is 19.6 Å². The fraction of sp³-hybridized carbons (Fsp3) is 0.625. The van der Waals surface area contributed by atoms with Crippen LogP contribution in [0.25, 0.3) is 0 Å². The number of hydrogen-bond acceptors (Lipinski definition) is 2. The molecule has 5 heteroatoms. The van der Waals surface area contributed by atoms with E-state index in [1.165, 1.54) is 12.1 Å². The molecule has 0 aliphatic carbocycles. The molecule has 118 valence electrons. The third-order valence-corrected chi connectivity index (χ3v) is 4.03. The summed E-state index contributed by atoms with van der Waals surface area (Å²) in [4.78, 5) is 2.13. The molecule has 0 spiro atoms.